The molecular weight excluding hydrogens is 624 g/mol. The minimum atomic E-state index is -4.52. The number of carbonyl (C=O) groups is 1. The molecule has 0 unspecified atom stereocenters. The Labute approximate surface area is 267 Å². The molecule has 5 N–H and O–H groups in total. The molecule has 2 aromatic carbocycles. The largest absolute Gasteiger partial charge is 0.416 e. The molecule has 0 radical (unpaired) electrons. The number of urea groups is 1. The average molecular weight is 661 g/mol. The third-order valence-corrected chi connectivity index (χ3v) is 7.82. The van der Waals surface area contributed by atoms with Crippen LogP contribution in [0.4, 0.5) is 33.9 Å². The quantitative estimate of drug-likeness (QED) is 0.112. The number of aliphatic hydroxyl groups is 2. The van der Waals surface area contributed by atoms with Gasteiger partial charge >= 0.3 is 12.2 Å². The molecule has 12 nitrogen and oxygen atoms in total. The van der Waals surface area contributed by atoms with Gasteiger partial charge in [0.1, 0.15) is 30.5 Å². The topological polar surface area (TPSA) is 150 Å². The normalized spacial score (nSPS) is 19.9. The summed E-state index contributed by atoms with van der Waals surface area (Å²) in [6.07, 6.45) is -5.49. The molecule has 1 aliphatic heterocycles. The van der Waals surface area contributed by atoms with Crippen molar-refractivity contribution in [3.8, 4) is 0 Å². The molecule has 2 aromatic heterocycles. The fraction of sp³-hybridized carbons (Fsp3) is 0.419. The Kier molecular flexibility index (Phi) is 10.5. The standard InChI is InChI=1S/C31H36F4N8O4/c1-18(2)42(11-5-10-36-30(46)41-22-9-4-7-20(13-22)31(33,34)35)15-23-25(44)26(45)29(47-23)43-17-40-24-27(38-16-39-28(24)43)37-14-19-6-3-8-21(32)12-19/h3-4,6-9,12-13,16-18,23,25-26,29,44-45H,5,10-11,14-15H2,1-2H3,(H2,36,41,46)(H,37,38,39)/t23-,25-,26-,29-/m1/s1. The number of fused-ring (bicyclic) bond motifs is 1. The molecule has 1 saturated heterocycles. The molecule has 16 heteroatoms. The highest BCUT2D eigenvalue weighted by Gasteiger charge is 2.45. The lowest BCUT2D eigenvalue weighted by atomic mass is 10.1. The minimum absolute atomic E-state index is 0.0227. The molecule has 0 spiro atoms. The predicted octanol–water partition coefficient (Wildman–Crippen LogP) is 4.14. The van der Waals surface area contributed by atoms with Gasteiger partial charge in [-0.15, -0.1) is 0 Å². The molecule has 0 bridgehead atoms. The fourth-order valence-corrected chi connectivity index (χ4v) is 5.33. The molecule has 2 amide bonds. The van der Waals surface area contributed by atoms with Gasteiger partial charge in [0.15, 0.2) is 23.2 Å². The van der Waals surface area contributed by atoms with Crippen molar-refractivity contribution >= 4 is 28.7 Å². The van der Waals surface area contributed by atoms with Crippen molar-refractivity contribution in [2.75, 3.05) is 30.3 Å². The number of alkyl halides is 3. The lowest BCUT2D eigenvalue weighted by Crippen LogP contribution is -2.44. The number of imidazole rings is 1. The molecule has 3 heterocycles. The van der Waals surface area contributed by atoms with Crippen molar-refractivity contribution in [2.24, 2.45) is 0 Å². The summed E-state index contributed by atoms with van der Waals surface area (Å²) in [7, 11) is 0. The molecule has 5 rings (SSSR count). The Morgan fingerprint density at radius 3 is 2.62 bits per heavy atom. The van der Waals surface area contributed by atoms with E-state index in [1.807, 2.05) is 18.7 Å². The van der Waals surface area contributed by atoms with Crippen LogP contribution in [-0.2, 0) is 17.5 Å². The zero-order valence-corrected chi connectivity index (χ0v) is 25.7. The van der Waals surface area contributed by atoms with Gasteiger partial charge in [-0.25, -0.2) is 24.1 Å². The smallest absolute Gasteiger partial charge is 0.387 e. The van der Waals surface area contributed by atoms with Gasteiger partial charge in [-0.2, -0.15) is 13.2 Å². The summed E-state index contributed by atoms with van der Waals surface area (Å²) >= 11 is 0. The summed E-state index contributed by atoms with van der Waals surface area (Å²) in [6.45, 7) is 5.22. The second-order valence-corrected chi connectivity index (χ2v) is 11.5. The zero-order chi connectivity index (χ0) is 33.7. The molecular formula is C31H36F4N8O4. The maximum atomic E-state index is 13.6. The minimum Gasteiger partial charge on any atom is -0.387 e. The van der Waals surface area contributed by atoms with Gasteiger partial charge in [0, 0.05) is 37.9 Å². The van der Waals surface area contributed by atoms with E-state index < -0.39 is 42.3 Å². The van der Waals surface area contributed by atoms with Crippen LogP contribution in [0.3, 0.4) is 0 Å². The molecule has 252 valence electrons. The first-order valence-corrected chi connectivity index (χ1v) is 15.0. The maximum absolute atomic E-state index is 13.6. The van der Waals surface area contributed by atoms with E-state index in [1.54, 1.807) is 12.1 Å². The maximum Gasteiger partial charge on any atom is 0.416 e. The Hall–Kier alpha value is -4.38. The molecule has 4 aromatic rings. The van der Waals surface area contributed by atoms with E-state index in [0.717, 1.165) is 12.1 Å². The third-order valence-electron chi connectivity index (χ3n) is 7.82. The van der Waals surface area contributed by atoms with Gasteiger partial charge in [0.25, 0.3) is 0 Å². The Morgan fingerprint density at radius 2 is 1.87 bits per heavy atom. The van der Waals surface area contributed by atoms with E-state index in [0.29, 0.717) is 42.1 Å². The Morgan fingerprint density at radius 1 is 1.09 bits per heavy atom. The Balaban J connectivity index is 1.15. The van der Waals surface area contributed by atoms with Gasteiger partial charge in [-0.3, -0.25) is 9.47 Å². The lowest BCUT2D eigenvalue weighted by Gasteiger charge is -2.30. The SMILES string of the molecule is CC(C)N(CCCNC(=O)Nc1cccc(C(F)(F)F)c1)C[C@H]1O[C@@H](n2cnc3c(NCc4cccc(F)c4)ncnc32)[C@H](O)[C@@H]1O. The molecule has 0 aliphatic carbocycles. The molecule has 1 fully saturated rings. The lowest BCUT2D eigenvalue weighted by molar-refractivity contribution is -0.137. The van der Waals surface area contributed by atoms with Gasteiger partial charge in [-0.05, 0) is 56.2 Å². The van der Waals surface area contributed by atoms with Crippen LogP contribution in [0.25, 0.3) is 11.2 Å². The van der Waals surface area contributed by atoms with Crippen LogP contribution in [0, 0.1) is 5.82 Å². The van der Waals surface area contributed by atoms with E-state index in [2.05, 4.69) is 30.9 Å². The van der Waals surface area contributed by atoms with E-state index >= 15 is 0 Å². The van der Waals surface area contributed by atoms with Crippen molar-refractivity contribution in [1.29, 1.82) is 0 Å². The number of halogens is 4. The van der Waals surface area contributed by atoms with Gasteiger partial charge in [-0.1, -0.05) is 18.2 Å². The first-order chi connectivity index (χ1) is 22.4. The summed E-state index contributed by atoms with van der Waals surface area (Å²) in [6, 6.07) is 9.91. The Bertz CT molecular complexity index is 1670. The van der Waals surface area contributed by atoms with Crippen LogP contribution in [0.5, 0.6) is 0 Å². The van der Waals surface area contributed by atoms with Crippen LogP contribution >= 0.6 is 0 Å². The van der Waals surface area contributed by atoms with E-state index in [4.69, 9.17) is 4.74 Å². The van der Waals surface area contributed by atoms with Gasteiger partial charge < -0.3 is 30.9 Å². The number of nitrogens with one attached hydrogen (secondary N) is 3. The highest BCUT2D eigenvalue weighted by atomic mass is 19.4. The van der Waals surface area contributed by atoms with Crippen molar-refractivity contribution < 1.29 is 37.3 Å². The summed E-state index contributed by atoms with van der Waals surface area (Å²) in [5.41, 5.74) is 0.649. The average Bonchev–Trinajstić information content (AvgIpc) is 3.57. The number of benzene rings is 2. The van der Waals surface area contributed by atoms with Crippen LogP contribution in [0.15, 0.2) is 61.2 Å². The van der Waals surface area contributed by atoms with Crippen LogP contribution in [-0.4, -0.2) is 84.7 Å². The zero-order valence-electron chi connectivity index (χ0n) is 25.7. The van der Waals surface area contributed by atoms with Crippen molar-refractivity contribution in [1.82, 2.24) is 29.7 Å². The number of amides is 2. The monoisotopic (exact) mass is 660 g/mol. The fourth-order valence-electron chi connectivity index (χ4n) is 5.33. The third kappa shape index (κ3) is 8.32. The van der Waals surface area contributed by atoms with Crippen LogP contribution in [0.1, 0.15) is 37.6 Å². The summed E-state index contributed by atoms with van der Waals surface area (Å²) < 4.78 is 60.1. The van der Waals surface area contributed by atoms with Crippen LogP contribution in [0.2, 0.25) is 0 Å². The second-order valence-electron chi connectivity index (χ2n) is 11.5. The first-order valence-electron chi connectivity index (χ1n) is 15.0. The van der Waals surface area contributed by atoms with E-state index in [-0.39, 0.29) is 30.6 Å². The number of carbonyl (C=O) groups excluding carboxylic acids is 1. The van der Waals surface area contributed by atoms with Crippen LogP contribution < -0.4 is 16.0 Å². The number of aromatic nitrogens is 4. The molecule has 1 aliphatic rings. The van der Waals surface area contributed by atoms with Crippen molar-refractivity contribution in [3.05, 3.63) is 78.1 Å². The molecule has 4 atom stereocenters. The number of nitrogens with zero attached hydrogens (tertiary/aromatic N) is 5. The number of hydrogen-bond donors (Lipinski definition) is 5. The number of hydrogen-bond acceptors (Lipinski definition) is 9. The number of aliphatic hydroxyl groups excluding tert-OH is 2. The predicted molar refractivity (Wildman–Crippen MR) is 165 cm³/mol. The highest BCUT2D eigenvalue weighted by molar-refractivity contribution is 5.89. The van der Waals surface area contributed by atoms with Gasteiger partial charge in [0.2, 0.25) is 0 Å². The van der Waals surface area contributed by atoms with Gasteiger partial charge in [0.05, 0.1) is 11.9 Å². The van der Waals surface area contributed by atoms with E-state index in [1.165, 1.54) is 41.5 Å². The van der Waals surface area contributed by atoms with E-state index in [9.17, 15) is 32.6 Å². The summed E-state index contributed by atoms with van der Waals surface area (Å²) in [4.78, 5) is 27.2. The highest BCUT2D eigenvalue weighted by Crippen LogP contribution is 2.33. The second kappa shape index (κ2) is 14.6. The summed E-state index contributed by atoms with van der Waals surface area (Å²) in [5.74, 6) is 0.0557. The first kappa shape index (κ1) is 34.0. The number of ether oxygens (including phenoxy) is 1. The number of anilines is 2. The van der Waals surface area contributed by atoms with Crippen molar-refractivity contribution in [3.63, 3.8) is 0 Å². The summed E-state index contributed by atoms with van der Waals surface area (Å²) in [5, 5.41) is 30.1. The molecule has 0 saturated carbocycles. The number of rotatable bonds is 12. The molecule has 47 heavy (non-hydrogen) atoms. The van der Waals surface area contributed by atoms with Crippen molar-refractivity contribution in [2.45, 2.75) is 63.6 Å².